The molecule has 0 saturated carbocycles. The zero-order valence-electron chi connectivity index (χ0n) is 18.7. The summed E-state index contributed by atoms with van der Waals surface area (Å²) in [4.78, 5) is 25.4. The molecule has 11 heteroatoms. The minimum absolute atomic E-state index is 0.00428. The molecule has 10 nitrogen and oxygen atoms in total. The summed E-state index contributed by atoms with van der Waals surface area (Å²) < 4.78 is 38.7. The molecule has 174 valence electrons. The van der Waals surface area contributed by atoms with Gasteiger partial charge in [0.05, 0.1) is 31.3 Å². The Balaban J connectivity index is 2.21. The quantitative estimate of drug-likeness (QED) is 0.514. The second kappa shape index (κ2) is 9.82. The maximum atomic E-state index is 13.9. The van der Waals surface area contributed by atoms with Gasteiger partial charge in [-0.15, -0.1) is 4.31 Å². The highest BCUT2D eigenvalue weighted by Gasteiger charge is 2.38. The summed E-state index contributed by atoms with van der Waals surface area (Å²) in [5.74, 6) is -0.477. The molecule has 0 radical (unpaired) electrons. The number of ether oxygens (including phenoxy) is 2. The summed E-state index contributed by atoms with van der Waals surface area (Å²) in [6.45, 7) is 5.33. The van der Waals surface area contributed by atoms with Crippen LogP contribution in [0.25, 0.3) is 11.3 Å². The van der Waals surface area contributed by atoms with E-state index in [1.807, 2.05) is 13.8 Å². The fourth-order valence-corrected chi connectivity index (χ4v) is 4.34. The van der Waals surface area contributed by atoms with Gasteiger partial charge in [-0.25, -0.2) is 23.2 Å². The van der Waals surface area contributed by atoms with Gasteiger partial charge in [0, 0.05) is 17.4 Å². The number of aromatic nitrogens is 3. The standard InChI is InChI=1S/C22H25N5O5S/c1-14(2)13-32-22(28)27(20-21(31-4)26-15(3)12-25-20)33(29,30)18-6-5-11-24-19(18)16-7-9-17(23)10-8-16/h5-12,14H,13,23H2,1-4H3. The molecule has 0 spiro atoms. The summed E-state index contributed by atoms with van der Waals surface area (Å²) in [5.41, 5.74) is 7.39. The summed E-state index contributed by atoms with van der Waals surface area (Å²) in [6, 6.07) is 9.36. The highest BCUT2D eigenvalue weighted by Crippen LogP contribution is 2.33. The van der Waals surface area contributed by atoms with Crippen LogP contribution in [0.15, 0.2) is 53.7 Å². The Kier molecular flexibility index (Phi) is 7.12. The number of nitrogens with two attached hydrogens (primary N) is 1. The van der Waals surface area contributed by atoms with Gasteiger partial charge in [-0.05, 0) is 37.1 Å². The second-order valence-corrected chi connectivity index (χ2v) is 9.31. The molecule has 0 aliphatic rings. The lowest BCUT2D eigenvalue weighted by molar-refractivity contribution is 0.143. The van der Waals surface area contributed by atoms with Crippen molar-refractivity contribution in [2.75, 3.05) is 23.8 Å². The molecule has 0 bridgehead atoms. The molecule has 0 atom stereocenters. The van der Waals surface area contributed by atoms with Gasteiger partial charge in [0.2, 0.25) is 5.82 Å². The number of carbonyl (C=O) groups excluding carboxylic acids is 1. The number of sulfonamides is 1. The third-order valence-corrected chi connectivity index (χ3v) is 6.10. The van der Waals surface area contributed by atoms with Crippen LogP contribution in [-0.2, 0) is 14.8 Å². The highest BCUT2D eigenvalue weighted by atomic mass is 32.2. The zero-order chi connectivity index (χ0) is 24.2. The highest BCUT2D eigenvalue weighted by molar-refractivity contribution is 7.93. The number of carbonyl (C=O) groups is 1. The van der Waals surface area contributed by atoms with Gasteiger partial charge in [-0.1, -0.05) is 26.0 Å². The van der Waals surface area contributed by atoms with E-state index in [1.165, 1.54) is 31.6 Å². The first kappa shape index (κ1) is 23.9. The number of aryl methyl sites for hydroxylation is 1. The lowest BCUT2D eigenvalue weighted by Crippen LogP contribution is -2.39. The number of anilines is 2. The average molecular weight is 472 g/mol. The predicted octanol–water partition coefficient (Wildman–Crippen LogP) is 3.43. The third kappa shape index (κ3) is 5.20. The minimum atomic E-state index is -4.55. The van der Waals surface area contributed by atoms with Gasteiger partial charge in [-0.3, -0.25) is 4.98 Å². The van der Waals surface area contributed by atoms with Gasteiger partial charge in [0.1, 0.15) is 4.90 Å². The number of nitrogen functional groups attached to an aromatic ring is 1. The first-order valence-electron chi connectivity index (χ1n) is 10.1. The molecule has 33 heavy (non-hydrogen) atoms. The van der Waals surface area contributed by atoms with Crippen LogP contribution in [0.3, 0.4) is 0 Å². The van der Waals surface area contributed by atoms with E-state index in [0.717, 1.165) is 0 Å². The Morgan fingerprint density at radius 2 is 1.85 bits per heavy atom. The van der Waals surface area contributed by atoms with E-state index in [4.69, 9.17) is 15.2 Å². The van der Waals surface area contributed by atoms with E-state index in [-0.39, 0.29) is 34.8 Å². The van der Waals surface area contributed by atoms with Gasteiger partial charge < -0.3 is 15.2 Å². The molecular formula is C22H25N5O5S. The van der Waals surface area contributed by atoms with Crippen LogP contribution >= 0.6 is 0 Å². The summed E-state index contributed by atoms with van der Waals surface area (Å²) >= 11 is 0. The van der Waals surface area contributed by atoms with E-state index in [0.29, 0.717) is 21.2 Å². The topological polar surface area (TPSA) is 138 Å². The van der Waals surface area contributed by atoms with Crippen molar-refractivity contribution in [3.8, 4) is 17.1 Å². The van der Waals surface area contributed by atoms with Crippen LogP contribution in [-0.4, -0.2) is 43.2 Å². The van der Waals surface area contributed by atoms with Crippen molar-refractivity contribution in [1.29, 1.82) is 0 Å². The van der Waals surface area contributed by atoms with E-state index in [1.54, 1.807) is 31.2 Å². The van der Waals surface area contributed by atoms with Crippen LogP contribution in [0.4, 0.5) is 16.3 Å². The number of rotatable bonds is 7. The average Bonchev–Trinajstić information content (AvgIpc) is 2.79. The molecule has 3 aromatic rings. The Morgan fingerprint density at radius 1 is 1.15 bits per heavy atom. The Hall–Kier alpha value is -3.73. The Morgan fingerprint density at radius 3 is 2.48 bits per heavy atom. The van der Waals surface area contributed by atoms with Crippen molar-refractivity contribution in [3.63, 3.8) is 0 Å². The van der Waals surface area contributed by atoms with Gasteiger partial charge in [-0.2, -0.15) is 0 Å². The second-order valence-electron chi connectivity index (χ2n) is 7.56. The zero-order valence-corrected chi connectivity index (χ0v) is 19.5. The third-order valence-electron chi connectivity index (χ3n) is 4.41. The predicted molar refractivity (Wildman–Crippen MR) is 123 cm³/mol. The molecule has 0 fully saturated rings. The maximum Gasteiger partial charge on any atom is 0.430 e. The number of methoxy groups -OCH3 is 1. The lowest BCUT2D eigenvalue weighted by atomic mass is 10.1. The molecule has 2 aromatic heterocycles. The fourth-order valence-electron chi connectivity index (χ4n) is 2.87. The monoisotopic (exact) mass is 471 g/mol. The van der Waals surface area contributed by atoms with E-state index < -0.39 is 16.1 Å². The molecular weight excluding hydrogens is 446 g/mol. The van der Waals surface area contributed by atoms with E-state index >= 15 is 0 Å². The minimum Gasteiger partial charge on any atom is -0.478 e. The SMILES string of the molecule is COc1nc(C)cnc1N(C(=O)OCC(C)C)S(=O)(=O)c1cccnc1-c1ccc(N)cc1. The largest absolute Gasteiger partial charge is 0.478 e. The first-order valence-corrected chi connectivity index (χ1v) is 11.5. The van der Waals surface area contributed by atoms with Crippen molar-refractivity contribution in [1.82, 2.24) is 15.0 Å². The van der Waals surface area contributed by atoms with E-state index in [9.17, 15) is 13.2 Å². The summed E-state index contributed by atoms with van der Waals surface area (Å²) in [5, 5.41) is 0. The van der Waals surface area contributed by atoms with Crippen molar-refractivity contribution in [2.45, 2.75) is 25.7 Å². The molecule has 3 rings (SSSR count). The smallest absolute Gasteiger partial charge is 0.430 e. The van der Waals surface area contributed by atoms with Crippen molar-refractivity contribution in [3.05, 3.63) is 54.5 Å². The molecule has 0 aliphatic carbocycles. The van der Waals surface area contributed by atoms with Gasteiger partial charge in [0.25, 0.3) is 15.9 Å². The molecule has 1 aromatic carbocycles. The number of hydrogen-bond donors (Lipinski definition) is 1. The summed E-state index contributed by atoms with van der Waals surface area (Å²) in [7, 11) is -3.25. The van der Waals surface area contributed by atoms with Gasteiger partial charge >= 0.3 is 6.09 Å². The van der Waals surface area contributed by atoms with Crippen LogP contribution < -0.4 is 14.8 Å². The van der Waals surface area contributed by atoms with Crippen LogP contribution in [0.5, 0.6) is 5.88 Å². The van der Waals surface area contributed by atoms with Crippen molar-refractivity contribution >= 4 is 27.6 Å². The fraction of sp³-hybridized carbons (Fsp3) is 0.273. The molecule has 0 saturated heterocycles. The van der Waals surface area contributed by atoms with E-state index in [2.05, 4.69) is 15.0 Å². The number of nitrogens with zero attached hydrogens (tertiary/aromatic N) is 4. The Bertz CT molecular complexity index is 1250. The number of pyridine rings is 1. The summed E-state index contributed by atoms with van der Waals surface area (Å²) in [6.07, 6.45) is 1.66. The number of hydrogen-bond acceptors (Lipinski definition) is 9. The van der Waals surface area contributed by atoms with Gasteiger partial charge in [0.15, 0.2) is 0 Å². The van der Waals surface area contributed by atoms with Crippen molar-refractivity contribution in [2.24, 2.45) is 5.92 Å². The normalized spacial score (nSPS) is 11.3. The molecule has 2 N–H and O–H groups in total. The Labute approximate surface area is 192 Å². The first-order chi connectivity index (χ1) is 15.6. The van der Waals surface area contributed by atoms with Crippen LogP contribution in [0.1, 0.15) is 19.5 Å². The molecule has 0 aliphatic heterocycles. The van der Waals surface area contributed by atoms with Crippen LogP contribution in [0.2, 0.25) is 0 Å². The molecule has 2 heterocycles. The molecule has 0 unspecified atom stereocenters. The molecule has 1 amide bonds. The number of amides is 1. The van der Waals surface area contributed by atoms with Crippen molar-refractivity contribution < 1.29 is 22.7 Å². The van der Waals surface area contributed by atoms with Crippen LogP contribution in [0, 0.1) is 12.8 Å². The number of benzene rings is 1. The lowest BCUT2D eigenvalue weighted by Gasteiger charge is -2.23. The maximum absolute atomic E-state index is 13.9.